The zero-order chi connectivity index (χ0) is 24.0. The maximum atomic E-state index is 12.9. The summed E-state index contributed by atoms with van der Waals surface area (Å²) in [5.74, 6) is 0.779. The lowest BCUT2D eigenvalue weighted by atomic mass is 10.2. The number of aromatic nitrogens is 4. The highest BCUT2D eigenvalue weighted by molar-refractivity contribution is 5.83. The van der Waals surface area contributed by atoms with Crippen LogP contribution in [0.3, 0.4) is 0 Å². The van der Waals surface area contributed by atoms with Crippen LogP contribution in [0, 0.1) is 0 Å². The first-order valence-corrected chi connectivity index (χ1v) is 10.9. The summed E-state index contributed by atoms with van der Waals surface area (Å²) in [5, 5.41) is 0. The van der Waals surface area contributed by atoms with Crippen LogP contribution >= 0.6 is 0 Å². The van der Waals surface area contributed by atoms with Crippen molar-refractivity contribution in [3.8, 4) is 11.5 Å². The highest BCUT2D eigenvalue weighted by Crippen LogP contribution is 2.31. The molecular formula is C22H24N6O6. The number of benzene rings is 1. The highest BCUT2D eigenvalue weighted by atomic mass is 16.6. The van der Waals surface area contributed by atoms with E-state index < -0.39 is 17.4 Å². The van der Waals surface area contributed by atoms with E-state index in [-0.39, 0.29) is 36.1 Å². The summed E-state index contributed by atoms with van der Waals surface area (Å²) in [6.07, 6.45) is 0.666. The van der Waals surface area contributed by atoms with E-state index in [4.69, 9.17) is 9.47 Å². The van der Waals surface area contributed by atoms with Crippen molar-refractivity contribution in [2.75, 3.05) is 32.8 Å². The molecule has 2 amide bonds. The van der Waals surface area contributed by atoms with E-state index in [9.17, 15) is 19.2 Å². The Morgan fingerprint density at radius 1 is 1.00 bits per heavy atom. The van der Waals surface area contributed by atoms with Gasteiger partial charge in [-0.2, -0.15) is 0 Å². The number of hydrogen-bond donors (Lipinski definition) is 0. The van der Waals surface area contributed by atoms with Gasteiger partial charge in [-0.3, -0.25) is 23.5 Å². The molecule has 0 saturated carbocycles. The molecule has 0 spiro atoms. The second-order valence-electron chi connectivity index (χ2n) is 8.32. The lowest BCUT2D eigenvalue weighted by molar-refractivity contribution is -0.146. The van der Waals surface area contributed by atoms with E-state index in [1.54, 1.807) is 21.9 Å². The van der Waals surface area contributed by atoms with Crippen molar-refractivity contribution in [2.24, 2.45) is 14.1 Å². The summed E-state index contributed by atoms with van der Waals surface area (Å²) in [6.45, 7) is 1.50. The molecule has 34 heavy (non-hydrogen) atoms. The maximum Gasteiger partial charge on any atom is 0.332 e. The van der Waals surface area contributed by atoms with E-state index >= 15 is 0 Å². The number of para-hydroxylation sites is 2. The molecule has 0 N–H and O–H groups in total. The fourth-order valence-electron chi connectivity index (χ4n) is 4.28. The van der Waals surface area contributed by atoms with Crippen LogP contribution in [0.15, 0.2) is 40.2 Å². The van der Waals surface area contributed by atoms with Gasteiger partial charge in [0.15, 0.2) is 22.7 Å². The van der Waals surface area contributed by atoms with Crippen LogP contribution in [0.2, 0.25) is 0 Å². The van der Waals surface area contributed by atoms with Crippen molar-refractivity contribution in [2.45, 2.75) is 12.6 Å². The molecule has 1 unspecified atom stereocenters. The van der Waals surface area contributed by atoms with Gasteiger partial charge in [0.05, 0.1) is 6.33 Å². The molecule has 0 aliphatic carbocycles. The van der Waals surface area contributed by atoms with Crippen LogP contribution in [-0.4, -0.2) is 79.2 Å². The quantitative estimate of drug-likeness (QED) is 0.481. The molecular weight excluding hydrogens is 444 g/mol. The first-order valence-electron chi connectivity index (χ1n) is 10.9. The van der Waals surface area contributed by atoms with Gasteiger partial charge in [-0.25, -0.2) is 9.78 Å². The Hall–Kier alpha value is -4.09. The van der Waals surface area contributed by atoms with Crippen LogP contribution in [0.4, 0.5) is 0 Å². The number of imidazole rings is 1. The number of aryl methyl sites for hydroxylation is 1. The Kier molecular flexibility index (Phi) is 5.34. The minimum absolute atomic E-state index is 0.0890. The molecule has 2 aromatic heterocycles. The van der Waals surface area contributed by atoms with Crippen molar-refractivity contribution >= 4 is 23.0 Å². The number of rotatable bonds is 3. The van der Waals surface area contributed by atoms with Gasteiger partial charge in [0.25, 0.3) is 11.5 Å². The molecule has 1 saturated heterocycles. The summed E-state index contributed by atoms with van der Waals surface area (Å²) < 4.78 is 15.2. The topological polar surface area (TPSA) is 121 Å². The monoisotopic (exact) mass is 468 g/mol. The van der Waals surface area contributed by atoms with Crippen LogP contribution in [0.5, 0.6) is 11.5 Å². The van der Waals surface area contributed by atoms with Crippen molar-refractivity contribution in [3.63, 3.8) is 0 Å². The molecule has 1 fully saturated rings. The number of amides is 2. The summed E-state index contributed by atoms with van der Waals surface area (Å²) in [6, 6.07) is 7.21. The number of carbonyl (C=O) groups excluding carboxylic acids is 2. The van der Waals surface area contributed by atoms with Crippen molar-refractivity contribution in [1.29, 1.82) is 0 Å². The fraction of sp³-hybridized carbons (Fsp3) is 0.409. The van der Waals surface area contributed by atoms with E-state index in [2.05, 4.69) is 4.98 Å². The number of nitrogens with zero attached hydrogens (tertiary/aromatic N) is 6. The molecule has 1 aromatic carbocycles. The third-order valence-electron chi connectivity index (χ3n) is 6.25. The highest BCUT2D eigenvalue weighted by Gasteiger charge is 2.33. The number of ether oxygens (including phenoxy) is 2. The molecule has 1 atom stereocenters. The molecule has 4 heterocycles. The van der Waals surface area contributed by atoms with Crippen LogP contribution in [0.1, 0.15) is 0 Å². The number of fused-ring (bicyclic) bond motifs is 2. The van der Waals surface area contributed by atoms with Gasteiger partial charge in [-0.05, 0) is 12.1 Å². The normalized spacial score (nSPS) is 17.8. The lowest BCUT2D eigenvalue weighted by Gasteiger charge is -2.37. The van der Waals surface area contributed by atoms with Gasteiger partial charge in [0, 0.05) is 40.3 Å². The first-order chi connectivity index (χ1) is 16.3. The van der Waals surface area contributed by atoms with Gasteiger partial charge >= 0.3 is 5.69 Å². The van der Waals surface area contributed by atoms with Gasteiger partial charge in [-0.1, -0.05) is 12.1 Å². The molecule has 2 aliphatic rings. The summed E-state index contributed by atoms with van der Waals surface area (Å²) in [7, 11) is 2.92. The molecule has 5 rings (SSSR count). The van der Waals surface area contributed by atoms with E-state index in [0.29, 0.717) is 37.7 Å². The number of hydrogen-bond acceptors (Lipinski definition) is 7. The molecule has 12 heteroatoms. The third-order valence-corrected chi connectivity index (χ3v) is 6.25. The van der Waals surface area contributed by atoms with E-state index in [1.807, 2.05) is 12.1 Å². The molecule has 0 radical (unpaired) electrons. The molecule has 3 aromatic rings. The number of piperazine rings is 1. The third kappa shape index (κ3) is 3.60. The minimum Gasteiger partial charge on any atom is -0.485 e. The molecule has 12 nitrogen and oxygen atoms in total. The molecule has 0 bridgehead atoms. The van der Waals surface area contributed by atoms with Crippen LogP contribution in [-0.2, 0) is 30.2 Å². The van der Waals surface area contributed by atoms with Gasteiger partial charge in [0.2, 0.25) is 12.0 Å². The summed E-state index contributed by atoms with van der Waals surface area (Å²) >= 11 is 0. The van der Waals surface area contributed by atoms with E-state index in [0.717, 1.165) is 4.57 Å². The fourth-order valence-corrected chi connectivity index (χ4v) is 4.28. The Morgan fingerprint density at radius 2 is 1.68 bits per heavy atom. The smallest absolute Gasteiger partial charge is 0.332 e. The average molecular weight is 468 g/mol. The van der Waals surface area contributed by atoms with Gasteiger partial charge in [0.1, 0.15) is 13.2 Å². The van der Waals surface area contributed by atoms with Gasteiger partial charge < -0.3 is 23.8 Å². The largest absolute Gasteiger partial charge is 0.485 e. The summed E-state index contributed by atoms with van der Waals surface area (Å²) in [4.78, 5) is 58.0. The van der Waals surface area contributed by atoms with Crippen LogP contribution < -0.4 is 20.7 Å². The Bertz CT molecular complexity index is 1400. The zero-order valence-corrected chi connectivity index (χ0v) is 18.8. The summed E-state index contributed by atoms with van der Waals surface area (Å²) in [5.41, 5.74) is -0.560. The second-order valence-corrected chi connectivity index (χ2v) is 8.32. The zero-order valence-electron chi connectivity index (χ0n) is 18.8. The molecule has 178 valence electrons. The van der Waals surface area contributed by atoms with Crippen molar-refractivity contribution < 1.29 is 19.1 Å². The predicted octanol–water partition coefficient (Wildman–Crippen LogP) is -1.06. The maximum absolute atomic E-state index is 12.9. The Balaban J connectivity index is 1.23. The second kappa shape index (κ2) is 8.36. The Labute approximate surface area is 193 Å². The number of carbonyl (C=O) groups is 2. The average Bonchev–Trinajstić information content (AvgIpc) is 3.29. The van der Waals surface area contributed by atoms with E-state index in [1.165, 1.54) is 29.6 Å². The first kappa shape index (κ1) is 21.7. The predicted molar refractivity (Wildman–Crippen MR) is 120 cm³/mol. The van der Waals surface area contributed by atoms with Crippen molar-refractivity contribution in [3.05, 3.63) is 51.4 Å². The minimum atomic E-state index is -0.725. The van der Waals surface area contributed by atoms with Crippen molar-refractivity contribution in [1.82, 2.24) is 28.5 Å². The lowest BCUT2D eigenvalue weighted by Crippen LogP contribution is -2.55. The van der Waals surface area contributed by atoms with Gasteiger partial charge in [-0.15, -0.1) is 0 Å². The SMILES string of the molecule is Cn1c(=O)c2c(ncn2CC(=O)N2CCN(C(=O)C3COc4ccccc4O3)CC2)n(C)c1=O. The standard InChI is InChI=1S/C22H24N6O6/c1-24-19-18(21(31)25(2)22(24)32)28(13-23-19)11-17(29)26-7-9-27(10-8-26)20(30)16-12-33-14-5-3-4-6-15(14)34-16/h3-6,13,16H,7-12H2,1-2H3. The van der Waals surface area contributed by atoms with Crippen LogP contribution in [0.25, 0.3) is 11.2 Å². The molecule has 2 aliphatic heterocycles. The Morgan fingerprint density at radius 3 is 2.41 bits per heavy atom.